The van der Waals surface area contributed by atoms with Gasteiger partial charge in [0.15, 0.2) is 11.0 Å². The van der Waals surface area contributed by atoms with Crippen LogP contribution >= 0.6 is 11.8 Å². The molecule has 10 heteroatoms. The third-order valence-electron chi connectivity index (χ3n) is 2.96. The zero-order chi connectivity index (χ0) is 17.5. The van der Waals surface area contributed by atoms with Gasteiger partial charge in [0, 0.05) is 25.3 Å². The second-order valence-corrected chi connectivity index (χ2v) is 6.35. The van der Waals surface area contributed by atoms with E-state index in [0.29, 0.717) is 35.6 Å². The lowest BCUT2D eigenvalue weighted by Gasteiger charge is -2.10. The Morgan fingerprint density at radius 2 is 2.29 bits per heavy atom. The predicted molar refractivity (Wildman–Crippen MR) is 86.6 cm³/mol. The summed E-state index contributed by atoms with van der Waals surface area (Å²) in [5.74, 6) is 0.639. The molecule has 0 bridgehead atoms. The number of aromatic amines is 1. The molecule has 2 N–H and O–H groups in total. The van der Waals surface area contributed by atoms with Crippen molar-refractivity contribution < 1.29 is 14.1 Å². The first-order valence-corrected chi connectivity index (χ1v) is 8.18. The highest BCUT2D eigenvalue weighted by molar-refractivity contribution is 8.00. The first kappa shape index (κ1) is 18.1. The quantitative estimate of drug-likeness (QED) is 0.518. The second kappa shape index (κ2) is 8.60. The van der Waals surface area contributed by atoms with Crippen LogP contribution in [0.3, 0.4) is 0 Å². The van der Waals surface area contributed by atoms with Crippen molar-refractivity contribution in [1.29, 1.82) is 0 Å². The fourth-order valence-electron chi connectivity index (χ4n) is 1.79. The first-order valence-electron chi connectivity index (χ1n) is 7.30. The monoisotopic (exact) mass is 353 g/mol. The molecule has 0 saturated heterocycles. The average molecular weight is 353 g/mol. The van der Waals surface area contributed by atoms with Crippen molar-refractivity contribution in [2.75, 3.05) is 13.7 Å². The van der Waals surface area contributed by atoms with Crippen LogP contribution in [0.15, 0.2) is 20.5 Å². The minimum Gasteiger partial charge on any atom is -0.384 e. The highest BCUT2D eigenvalue weighted by atomic mass is 32.2. The number of carbonyl (C=O) groups is 1. The third kappa shape index (κ3) is 5.46. The molecule has 0 aromatic carbocycles. The Bertz CT molecular complexity index is 745. The number of thioether (sulfide) groups is 1. The van der Waals surface area contributed by atoms with Crippen molar-refractivity contribution in [3.05, 3.63) is 33.8 Å². The zero-order valence-electron chi connectivity index (χ0n) is 13.7. The molecule has 24 heavy (non-hydrogen) atoms. The van der Waals surface area contributed by atoms with Crippen LogP contribution in [0.5, 0.6) is 0 Å². The Balaban J connectivity index is 1.85. The van der Waals surface area contributed by atoms with Crippen LogP contribution in [0.25, 0.3) is 0 Å². The number of hydrogen-bond acceptors (Lipinski definition) is 8. The van der Waals surface area contributed by atoms with Gasteiger partial charge in [0.05, 0.1) is 18.4 Å². The molecule has 2 aromatic heterocycles. The van der Waals surface area contributed by atoms with Gasteiger partial charge >= 0.3 is 0 Å². The summed E-state index contributed by atoms with van der Waals surface area (Å²) in [6.07, 6.45) is 0.548. The van der Waals surface area contributed by atoms with Crippen LogP contribution in [0.2, 0.25) is 0 Å². The van der Waals surface area contributed by atoms with Crippen LogP contribution in [0, 0.1) is 6.92 Å². The summed E-state index contributed by atoms with van der Waals surface area (Å²) in [6.45, 7) is 4.09. The standard InChI is InChI=1S/C14H19N5O4S/c1-8-6-11(20)18-14(16-8)24-9(2)13(21)15-7-12-17-10(19-23-12)4-5-22-3/h6,9H,4-5,7H2,1-3H3,(H,15,21)(H,16,18,20)/t9-/m1/s1. The van der Waals surface area contributed by atoms with E-state index in [4.69, 9.17) is 9.26 Å². The molecule has 2 heterocycles. The number of aromatic nitrogens is 4. The van der Waals surface area contributed by atoms with Gasteiger partial charge in [0.25, 0.3) is 5.56 Å². The minimum atomic E-state index is -0.439. The number of aryl methyl sites for hydroxylation is 1. The zero-order valence-corrected chi connectivity index (χ0v) is 14.5. The van der Waals surface area contributed by atoms with E-state index in [1.807, 2.05) is 0 Å². The van der Waals surface area contributed by atoms with E-state index >= 15 is 0 Å². The molecule has 0 saturated carbocycles. The largest absolute Gasteiger partial charge is 0.384 e. The Morgan fingerprint density at radius 3 is 3.00 bits per heavy atom. The number of ether oxygens (including phenoxy) is 1. The second-order valence-electron chi connectivity index (χ2n) is 5.02. The van der Waals surface area contributed by atoms with Gasteiger partial charge in [-0.05, 0) is 13.8 Å². The minimum absolute atomic E-state index is 0.140. The number of rotatable bonds is 8. The summed E-state index contributed by atoms with van der Waals surface area (Å²) in [4.78, 5) is 34.4. The summed E-state index contributed by atoms with van der Waals surface area (Å²) in [7, 11) is 1.59. The molecule has 0 aliphatic heterocycles. The van der Waals surface area contributed by atoms with Gasteiger partial charge in [-0.25, -0.2) is 4.98 Å². The van der Waals surface area contributed by atoms with E-state index < -0.39 is 5.25 Å². The van der Waals surface area contributed by atoms with E-state index in [1.54, 1.807) is 21.0 Å². The highest BCUT2D eigenvalue weighted by Crippen LogP contribution is 2.18. The lowest BCUT2D eigenvalue weighted by Crippen LogP contribution is -2.30. The van der Waals surface area contributed by atoms with Crippen LogP contribution in [-0.4, -0.2) is 45.0 Å². The Kier molecular flexibility index (Phi) is 6.50. The molecule has 0 unspecified atom stereocenters. The lowest BCUT2D eigenvalue weighted by molar-refractivity contribution is -0.120. The number of nitrogens with zero attached hydrogens (tertiary/aromatic N) is 3. The van der Waals surface area contributed by atoms with Crippen molar-refractivity contribution in [3.63, 3.8) is 0 Å². The van der Waals surface area contributed by atoms with E-state index in [9.17, 15) is 9.59 Å². The average Bonchev–Trinajstić information content (AvgIpc) is 2.97. The van der Waals surface area contributed by atoms with E-state index in [-0.39, 0.29) is 18.0 Å². The molecule has 0 radical (unpaired) electrons. The summed E-state index contributed by atoms with van der Waals surface area (Å²) in [6, 6.07) is 1.39. The molecule has 0 fully saturated rings. The molecule has 9 nitrogen and oxygen atoms in total. The maximum Gasteiger partial charge on any atom is 0.251 e. The van der Waals surface area contributed by atoms with Crippen LogP contribution in [0.4, 0.5) is 0 Å². The lowest BCUT2D eigenvalue weighted by atomic mass is 10.4. The fraction of sp³-hybridized carbons (Fsp3) is 0.500. The fourth-order valence-corrected chi connectivity index (χ4v) is 2.67. The van der Waals surface area contributed by atoms with Crippen molar-refractivity contribution in [3.8, 4) is 0 Å². The van der Waals surface area contributed by atoms with Gasteiger partial charge in [-0.1, -0.05) is 16.9 Å². The maximum absolute atomic E-state index is 12.1. The SMILES string of the molecule is COCCc1noc(CNC(=O)[C@@H](C)Sc2nc(C)cc(=O)[nH]2)n1. The molecule has 130 valence electrons. The Morgan fingerprint density at radius 1 is 1.50 bits per heavy atom. The number of nitrogens with one attached hydrogen (secondary N) is 2. The van der Waals surface area contributed by atoms with Crippen molar-refractivity contribution in [2.45, 2.75) is 37.2 Å². The van der Waals surface area contributed by atoms with Crippen molar-refractivity contribution in [1.82, 2.24) is 25.4 Å². The molecular formula is C14H19N5O4S. The van der Waals surface area contributed by atoms with Crippen molar-refractivity contribution >= 4 is 17.7 Å². The number of carbonyl (C=O) groups excluding carboxylic acids is 1. The van der Waals surface area contributed by atoms with Gasteiger partial charge < -0.3 is 19.6 Å². The summed E-state index contributed by atoms with van der Waals surface area (Å²) >= 11 is 1.17. The van der Waals surface area contributed by atoms with E-state index in [0.717, 1.165) is 0 Å². The maximum atomic E-state index is 12.1. The predicted octanol–water partition coefficient (Wildman–Crippen LogP) is 0.447. The number of amides is 1. The third-order valence-corrected chi connectivity index (χ3v) is 3.94. The van der Waals surface area contributed by atoms with E-state index in [2.05, 4.69) is 25.4 Å². The summed E-state index contributed by atoms with van der Waals surface area (Å²) < 4.78 is 9.98. The smallest absolute Gasteiger partial charge is 0.251 e. The number of methoxy groups -OCH3 is 1. The molecule has 2 rings (SSSR count). The van der Waals surface area contributed by atoms with E-state index in [1.165, 1.54) is 17.8 Å². The summed E-state index contributed by atoms with van der Waals surface area (Å²) in [5.41, 5.74) is 0.357. The Hall–Kier alpha value is -2.20. The van der Waals surface area contributed by atoms with Crippen LogP contribution < -0.4 is 10.9 Å². The molecule has 1 atom stereocenters. The molecular weight excluding hydrogens is 334 g/mol. The topological polar surface area (TPSA) is 123 Å². The molecule has 1 amide bonds. The van der Waals surface area contributed by atoms with Gasteiger partial charge in [-0.2, -0.15) is 4.98 Å². The first-order chi connectivity index (χ1) is 11.5. The van der Waals surface area contributed by atoms with Crippen LogP contribution in [0.1, 0.15) is 24.3 Å². The van der Waals surface area contributed by atoms with Gasteiger partial charge in [-0.3, -0.25) is 9.59 Å². The molecule has 0 aliphatic rings. The van der Waals surface area contributed by atoms with Crippen molar-refractivity contribution in [2.24, 2.45) is 0 Å². The molecule has 0 spiro atoms. The Labute approximate surface area is 142 Å². The molecule has 0 aliphatic carbocycles. The van der Waals surface area contributed by atoms with Gasteiger partial charge in [0.2, 0.25) is 11.8 Å². The number of hydrogen-bond donors (Lipinski definition) is 2. The number of H-pyrrole nitrogens is 1. The molecule has 2 aromatic rings. The highest BCUT2D eigenvalue weighted by Gasteiger charge is 2.17. The van der Waals surface area contributed by atoms with Crippen LogP contribution in [-0.2, 0) is 22.5 Å². The van der Waals surface area contributed by atoms with Gasteiger partial charge in [-0.15, -0.1) is 0 Å². The normalized spacial score (nSPS) is 12.1. The summed E-state index contributed by atoms with van der Waals surface area (Å²) in [5, 5.41) is 6.47. The van der Waals surface area contributed by atoms with Gasteiger partial charge in [0.1, 0.15) is 0 Å².